The molecule has 0 fully saturated rings. The molecule has 0 saturated carbocycles. The number of hydrogen-bond acceptors (Lipinski definition) is 8. The third-order valence-electron chi connectivity index (χ3n) is 5.15. The molecule has 2 aromatic carbocycles. The van der Waals surface area contributed by atoms with Crippen molar-refractivity contribution in [2.75, 3.05) is 0 Å². The molecule has 8 nitrogen and oxygen atoms in total. The van der Waals surface area contributed by atoms with Crippen LogP contribution in [0, 0.1) is 6.92 Å². The van der Waals surface area contributed by atoms with Gasteiger partial charge in [0.1, 0.15) is 0 Å². The Bertz CT molecular complexity index is 1330. The minimum Gasteiger partial charge on any atom is -0.220 e. The number of aryl methyl sites for hydroxylation is 2. The molecule has 10 heteroatoms. The van der Waals surface area contributed by atoms with Gasteiger partial charge >= 0.3 is 0 Å². The number of hydrogen-bond donors (Lipinski definition) is 0. The van der Waals surface area contributed by atoms with E-state index in [1.807, 2.05) is 66.3 Å². The Labute approximate surface area is 201 Å². The van der Waals surface area contributed by atoms with Gasteiger partial charge in [0, 0.05) is 0 Å². The van der Waals surface area contributed by atoms with Gasteiger partial charge in [-0.15, -0.1) is 10.2 Å². The van der Waals surface area contributed by atoms with Gasteiger partial charge in [0.2, 0.25) is 0 Å². The zero-order chi connectivity index (χ0) is 23.0. The lowest BCUT2D eigenvalue weighted by Gasteiger charge is -2.07. The van der Waals surface area contributed by atoms with Crippen molar-refractivity contribution in [3.8, 4) is 11.4 Å². The smallest absolute Gasteiger partial charge is 0.0833 e. The lowest BCUT2D eigenvalue weighted by molar-refractivity contribution is 0.680. The predicted molar refractivity (Wildman–Crippen MR) is 133 cm³/mol. The van der Waals surface area contributed by atoms with E-state index in [-0.39, 0.29) is 0 Å². The minimum atomic E-state index is 0.762. The number of benzene rings is 2. The first-order valence-corrected chi connectivity index (χ1v) is 11.2. The quantitative estimate of drug-likeness (QED) is 0.189. The summed E-state index contributed by atoms with van der Waals surface area (Å²) in [4.78, 5) is 7.95. The number of isothiocyanates is 2. The molecule has 0 aliphatic carbocycles. The first-order valence-electron chi connectivity index (χ1n) is 10.4. The van der Waals surface area contributed by atoms with Gasteiger partial charge in [-0.05, 0) is 106 Å². The van der Waals surface area contributed by atoms with Crippen LogP contribution in [-0.2, 0) is 12.8 Å². The molecule has 4 aromatic rings. The Hall–Kier alpha value is -3.68. The fourth-order valence-electron chi connectivity index (χ4n) is 3.46. The highest BCUT2D eigenvalue weighted by molar-refractivity contribution is 7.78. The SMILES string of the molecule is Cc1nnn(-c2ccc(N=C=S)cc2)c1CCCCc1cn(-c2ccc(N=C=S)cc2)nn1. The molecule has 0 radical (unpaired) electrons. The lowest BCUT2D eigenvalue weighted by atomic mass is 10.1. The summed E-state index contributed by atoms with van der Waals surface area (Å²) in [5.41, 5.74) is 6.38. The van der Waals surface area contributed by atoms with E-state index in [1.54, 1.807) is 4.68 Å². The third kappa shape index (κ3) is 5.58. The van der Waals surface area contributed by atoms with Crippen molar-refractivity contribution in [1.82, 2.24) is 30.0 Å². The molecule has 0 saturated heterocycles. The molecule has 0 bridgehead atoms. The predicted octanol–water partition coefficient (Wildman–Crippen LogP) is 5.19. The summed E-state index contributed by atoms with van der Waals surface area (Å²) in [6.07, 6.45) is 5.64. The van der Waals surface area contributed by atoms with Crippen molar-refractivity contribution >= 4 is 46.1 Å². The molecule has 33 heavy (non-hydrogen) atoms. The van der Waals surface area contributed by atoms with Crippen molar-refractivity contribution in [3.63, 3.8) is 0 Å². The summed E-state index contributed by atoms with van der Waals surface area (Å²) in [6, 6.07) is 15.3. The maximum Gasteiger partial charge on any atom is 0.0833 e. The van der Waals surface area contributed by atoms with Crippen molar-refractivity contribution in [2.24, 2.45) is 9.98 Å². The van der Waals surface area contributed by atoms with E-state index in [0.29, 0.717) is 0 Å². The summed E-state index contributed by atoms with van der Waals surface area (Å²) < 4.78 is 3.65. The van der Waals surface area contributed by atoms with Crippen molar-refractivity contribution in [2.45, 2.75) is 32.6 Å². The highest BCUT2D eigenvalue weighted by Gasteiger charge is 2.11. The molecule has 0 unspecified atom stereocenters. The summed E-state index contributed by atoms with van der Waals surface area (Å²) >= 11 is 9.29. The topological polar surface area (TPSA) is 86.1 Å². The summed E-state index contributed by atoms with van der Waals surface area (Å²) in [6.45, 7) is 1.98. The fourth-order valence-corrected chi connectivity index (χ4v) is 3.67. The maximum absolute atomic E-state index is 4.66. The van der Waals surface area contributed by atoms with Gasteiger partial charge < -0.3 is 0 Å². The van der Waals surface area contributed by atoms with Crippen LogP contribution >= 0.6 is 24.4 Å². The second kappa shape index (κ2) is 10.8. The van der Waals surface area contributed by atoms with E-state index in [9.17, 15) is 0 Å². The Morgan fingerprint density at radius 3 is 2.03 bits per heavy atom. The van der Waals surface area contributed by atoms with Crippen LogP contribution in [0.5, 0.6) is 0 Å². The zero-order valence-electron chi connectivity index (χ0n) is 17.9. The first kappa shape index (κ1) is 22.5. The van der Waals surface area contributed by atoms with Gasteiger partial charge in [0.15, 0.2) is 0 Å². The molecule has 0 aliphatic heterocycles. The first-order chi connectivity index (χ1) is 16.2. The van der Waals surface area contributed by atoms with Crippen LogP contribution < -0.4 is 0 Å². The number of aliphatic imine (C=N–C) groups is 2. The minimum absolute atomic E-state index is 0.762. The Kier molecular flexibility index (Phi) is 7.34. The molecule has 164 valence electrons. The summed E-state index contributed by atoms with van der Waals surface area (Å²) in [5.74, 6) is 0. The lowest BCUT2D eigenvalue weighted by Crippen LogP contribution is -2.03. The average molecular weight is 473 g/mol. The molecule has 0 N–H and O–H groups in total. The molecular weight excluding hydrogens is 452 g/mol. The van der Waals surface area contributed by atoms with Crippen LogP contribution in [0.1, 0.15) is 29.9 Å². The van der Waals surface area contributed by atoms with E-state index < -0.39 is 0 Å². The number of aromatic nitrogens is 6. The molecule has 2 heterocycles. The van der Waals surface area contributed by atoms with Crippen LogP contribution in [0.15, 0.2) is 64.7 Å². The molecule has 0 atom stereocenters. The van der Waals surface area contributed by atoms with E-state index in [1.165, 1.54) is 0 Å². The standard InChI is InChI=1S/C23H20N8S2/c1-17-23(31(29-26-17)22-12-8-19(9-13-22)25-16-33)5-3-2-4-20-14-30(28-27-20)21-10-6-18(7-11-21)24-15-32/h6-14H,2-5H2,1H3. The molecule has 0 aliphatic rings. The largest absolute Gasteiger partial charge is 0.220 e. The van der Waals surface area contributed by atoms with Crippen molar-refractivity contribution in [1.29, 1.82) is 0 Å². The Balaban J connectivity index is 1.35. The molecule has 4 rings (SSSR count). The number of unbranched alkanes of at least 4 members (excludes halogenated alkanes) is 1. The number of thiocarbonyl (C=S) groups is 2. The second-order valence-corrected chi connectivity index (χ2v) is 7.70. The van der Waals surface area contributed by atoms with Crippen LogP contribution in [0.25, 0.3) is 11.4 Å². The Morgan fingerprint density at radius 2 is 1.39 bits per heavy atom. The highest BCUT2D eigenvalue weighted by atomic mass is 32.1. The molecule has 0 amide bonds. The highest BCUT2D eigenvalue weighted by Crippen LogP contribution is 2.19. The average Bonchev–Trinajstić information content (AvgIpc) is 3.45. The van der Waals surface area contributed by atoms with Crippen molar-refractivity contribution < 1.29 is 0 Å². The Morgan fingerprint density at radius 1 is 0.788 bits per heavy atom. The monoisotopic (exact) mass is 472 g/mol. The van der Waals surface area contributed by atoms with E-state index in [2.05, 4.69) is 65.4 Å². The maximum atomic E-state index is 4.66. The van der Waals surface area contributed by atoms with E-state index in [4.69, 9.17) is 0 Å². The van der Waals surface area contributed by atoms with Gasteiger partial charge in [-0.1, -0.05) is 10.4 Å². The van der Waals surface area contributed by atoms with Crippen LogP contribution in [0.4, 0.5) is 11.4 Å². The van der Waals surface area contributed by atoms with Crippen LogP contribution in [0.3, 0.4) is 0 Å². The number of rotatable bonds is 9. The van der Waals surface area contributed by atoms with Gasteiger partial charge in [-0.3, -0.25) is 0 Å². The van der Waals surface area contributed by atoms with Gasteiger partial charge in [-0.25, -0.2) is 9.36 Å². The van der Waals surface area contributed by atoms with Crippen LogP contribution in [-0.4, -0.2) is 40.3 Å². The summed E-state index contributed by atoms with van der Waals surface area (Å²) in [7, 11) is 0. The van der Waals surface area contributed by atoms with Gasteiger partial charge in [-0.2, -0.15) is 9.98 Å². The third-order valence-corrected chi connectivity index (χ3v) is 5.34. The van der Waals surface area contributed by atoms with Gasteiger partial charge in [0.05, 0.1) is 56.4 Å². The molecule has 0 spiro atoms. The number of nitrogens with zero attached hydrogens (tertiary/aromatic N) is 8. The normalized spacial score (nSPS) is 10.5. The van der Waals surface area contributed by atoms with Crippen LogP contribution in [0.2, 0.25) is 0 Å². The fraction of sp³-hybridized carbons (Fsp3) is 0.217. The van der Waals surface area contributed by atoms with Gasteiger partial charge in [0.25, 0.3) is 0 Å². The second-order valence-electron chi connectivity index (χ2n) is 7.33. The summed E-state index contributed by atoms with van der Waals surface area (Å²) in [5, 5.41) is 21.9. The zero-order valence-corrected chi connectivity index (χ0v) is 19.6. The van der Waals surface area contributed by atoms with Crippen molar-refractivity contribution in [3.05, 3.63) is 71.8 Å². The van der Waals surface area contributed by atoms with E-state index >= 15 is 0 Å². The molecular formula is C23H20N8S2. The van der Waals surface area contributed by atoms with E-state index in [0.717, 1.165) is 65.5 Å². The molecule has 2 aromatic heterocycles.